The van der Waals surface area contributed by atoms with Crippen molar-refractivity contribution in [3.05, 3.63) is 35.4 Å². The molecule has 1 aromatic rings. The van der Waals surface area contributed by atoms with E-state index in [1.54, 1.807) is 0 Å². The van der Waals surface area contributed by atoms with Crippen LogP contribution in [0.15, 0.2) is 24.3 Å². The van der Waals surface area contributed by atoms with E-state index >= 15 is 0 Å². The average molecular weight is 290 g/mol. The molecule has 1 aliphatic rings. The second kappa shape index (κ2) is 7.22. The number of ether oxygens (including phenoxy) is 1. The Hall–Kier alpha value is -1.88. The highest BCUT2D eigenvalue weighted by Gasteiger charge is 2.28. The van der Waals surface area contributed by atoms with Crippen LogP contribution < -0.4 is 5.73 Å². The largest absolute Gasteiger partial charge is 0.469 e. The first-order valence-electron chi connectivity index (χ1n) is 7.32. The first-order valence-corrected chi connectivity index (χ1v) is 7.32. The number of hydrogen-bond donors (Lipinski definition) is 1. The van der Waals surface area contributed by atoms with Crippen LogP contribution in [0.5, 0.6) is 0 Å². The van der Waals surface area contributed by atoms with Crippen molar-refractivity contribution in [1.29, 1.82) is 0 Å². The molecule has 1 heterocycles. The van der Waals surface area contributed by atoms with E-state index in [2.05, 4.69) is 0 Å². The molecule has 2 N–H and O–H groups in total. The summed E-state index contributed by atoms with van der Waals surface area (Å²) in [6.45, 7) is 1.71. The maximum atomic E-state index is 12.6. The molecule has 0 bridgehead atoms. The number of likely N-dealkylation sites (tertiary alicyclic amines) is 1. The van der Waals surface area contributed by atoms with Crippen molar-refractivity contribution in [3.8, 4) is 0 Å². The zero-order valence-electron chi connectivity index (χ0n) is 12.4. The van der Waals surface area contributed by atoms with Crippen LogP contribution in [0.3, 0.4) is 0 Å². The fourth-order valence-electron chi connectivity index (χ4n) is 2.76. The molecule has 1 aromatic carbocycles. The summed E-state index contributed by atoms with van der Waals surface area (Å²) in [5, 5.41) is 0. The number of carbonyl (C=O) groups excluding carboxylic acids is 2. The third kappa shape index (κ3) is 3.61. The summed E-state index contributed by atoms with van der Waals surface area (Å²) in [5.41, 5.74) is 7.31. The fraction of sp³-hybridized carbons (Fsp3) is 0.500. The van der Waals surface area contributed by atoms with Gasteiger partial charge in [0.25, 0.3) is 5.91 Å². The zero-order valence-corrected chi connectivity index (χ0v) is 12.4. The minimum Gasteiger partial charge on any atom is -0.469 e. The van der Waals surface area contributed by atoms with Gasteiger partial charge in [-0.15, -0.1) is 0 Å². The summed E-state index contributed by atoms with van der Waals surface area (Å²) in [7, 11) is 1.41. The number of nitrogens with two attached hydrogens (primary N) is 1. The summed E-state index contributed by atoms with van der Waals surface area (Å²) in [6.07, 6.45) is 2.02. The van der Waals surface area contributed by atoms with Crippen molar-refractivity contribution in [1.82, 2.24) is 4.90 Å². The fourth-order valence-corrected chi connectivity index (χ4v) is 2.76. The molecule has 114 valence electrons. The van der Waals surface area contributed by atoms with E-state index in [0.717, 1.165) is 11.1 Å². The molecule has 0 radical (unpaired) electrons. The Morgan fingerprint density at radius 1 is 1.29 bits per heavy atom. The normalized spacial score (nSPS) is 15.8. The Labute approximate surface area is 125 Å². The maximum absolute atomic E-state index is 12.6. The van der Waals surface area contributed by atoms with Crippen LogP contribution in [0.1, 0.15) is 28.8 Å². The van der Waals surface area contributed by atoms with Crippen LogP contribution in [0.25, 0.3) is 0 Å². The van der Waals surface area contributed by atoms with Crippen LogP contribution in [0, 0.1) is 5.92 Å². The highest BCUT2D eigenvalue weighted by molar-refractivity contribution is 5.95. The average Bonchev–Trinajstić information content (AvgIpc) is 2.54. The van der Waals surface area contributed by atoms with E-state index in [9.17, 15) is 9.59 Å². The Morgan fingerprint density at radius 2 is 1.95 bits per heavy atom. The number of methoxy groups -OCH3 is 1. The number of carbonyl (C=O) groups is 2. The summed E-state index contributed by atoms with van der Waals surface area (Å²) in [6, 6.07) is 7.58. The van der Waals surface area contributed by atoms with Gasteiger partial charge in [0.1, 0.15) is 0 Å². The van der Waals surface area contributed by atoms with Crippen molar-refractivity contribution in [3.63, 3.8) is 0 Å². The molecule has 1 aliphatic heterocycles. The minimum absolute atomic E-state index is 0.0300. The molecule has 2 rings (SSSR count). The number of piperidine rings is 1. The van der Waals surface area contributed by atoms with Crippen LogP contribution in [-0.4, -0.2) is 43.5 Å². The molecule has 0 aliphatic carbocycles. The van der Waals surface area contributed by atoms with Crippen LogP contribution in [-0.2, 0) is 16.0 Å². The van der Waals surface area contributed by atoms with E-state index in [1.807, 2.05) is 29.2 Å². The number of benzene rings is 1. The predicted octanol–water partition coefficient (Wildman–Crippen LogP) is 1.21. The number of hydrogen-bond acceptors (Lipinski definition) is 4. The topological polar surface area (TPSA) is 72.6 Å². The van der Waals surface area contributed by atoms with Gasteiger partial charge in [-0.2, -0.15) is 0 Å². The minimum atomic E-state index is -0.175. The monoisotopic (exact) mass is 290 g/mol. The standard InChI is InChI=1S/C16H22N2O3/c1-21-16(20)13-7-10-18(11-8-13)15(19)14-5-3-2-4-12(14)6-9-17/h2-5,13H,6-11,17H2,1H3. The van der Waals surface area contributed by atoms with Gasteiger partial charge in [-0.05, 0) is 37.4 Å². The Bertz CT molecular complexity index is 508. The van der Waals surface area contributed by atoms with E-state index in [0.29, 0.717) is 38.9 Å². The highest BCUT2D eigenvalue weighted by Crippen LogP contribution is 2.21. The van der Waals surface area contributed by atoms with Gasteiger partial charge >= 0.3 is 5.97 Å². The summed E-state index contributed by atoms with van der Waals surface area (Å²) in [4.78, 5) is 25.9. The molecular formula is C16H22N2O3. The Morgan fingerprint density at radius 3 is 2.57 bits per heavy atom. The first kappa shape index (κ1) is 15.5. The summed E-state index contributed by atoms with van der Waals surface area (Å²) >= 11 is 0. The second-order valence-corrected chi connectivity index (χ2v) is 5.29. The Kier molecular flexibility index (Phi) is 5.33. The second-order valence-electron chi connectivity index (χ2n) is 5.29. The van der Waals surface area contributed by atoms with E-state index in [4.69, 9.17) is 10.5 Å². The van der Waals surface area contributed by atoms with Crippen LogP contribution in [0.2, 0.25) is 0 Å². The lowest BCUT2D eigenvalue weighted by Gasteiger charge is -2.31. The highest BCUT2D eigenvalue weighted by atomic mass is 16.5. The number of amides is 1. The molecule has 5 nitrogen and oxygen atoms in total. The van der Waals surface area contributed by atoms with Gasteiger partial charge < -0.3 is 15.4 Å². The van der Waals surface area contributed by atoms with Gasteiger partial charge in [-0.3, -0.25) is 9.59 Å². The number of rotatable bonds is 4. The third-order valence-corrected chi connectivity index (χ3v) is 3.98. The van der Waals surface area contributed by atoms with Crippen molar-refractivity contribution < 1.29 is 14.3 Å². The smallest absolute Gasteiger partial charge is 0.308 e. The molecule has 0 saturated carbocycles. The van der Waals surface area contributed by atoms with Gasteiger partial charge in [0.2, 0.25) is 0 Å². The van der Waals surface area contributed by atoms with Gasteiger partial charge in [-0.1, -0.05) is 18.2 Å². The van der Waals surface area contributed by atoms with Crippen molar-refractivity contribution in [2.24, 2.45) is 11.7 Å². The predicted molar refractivity (Wildman–Crippen MR) is 79.8 cm³/mol. The molecule has 1 amide bonds. The van der Waals surface area contributed by atoms with Crippen molar-refractivity contribution in [2.75, 3.05) is 26.7 Å². The number of esters is 1. The number of nitrogens with zero attached hydrogens (tertiary/aromatic N) is 1. The van der Waals surface area contributed by atoms with E-state index in [-0.39, 0.29) is 17.8 Å². The SMILES string of the molecule is COC(=O)C1CCN(C(=O)c2ccccc2CCN)CC1. The molecule has 0 atom stereocenters. The first-order chi connectivity index (χ1) is 10.2. The third-order valence-electron chi connectivity index (χ3n) is 3.98. The van der Waals surface area contributed by atoms with Crippen molar-refractivity contribution >= 4 is 11.9 Å². The molecule has 0 aromatic heterocycles. The lowest BCUT2D eigenvalue weighted by Crippen LogP contribution is -2.40. The summed E-state index contributed by atoms with van der Waals surface area (Å²) < 4.78 is 4.76. The Balaban J connectivity index is 2.04. The molecule has 21 heavy (non-hydrogen) atoms. The molecule has 0 spiro atoms. The molecule has 0 unspecified atom stereocenters. The van der Waals surface area contributed by atoms with Gasteiger partial charge in [0.05, 0.1) is 13.0 Å². The molecule has 5 heteroatoms. The lowest BCUT2D eigenvalue weighted by atomic mass is 9.95. The van der Waals surface area contributed by atoms with Crippen molar-refractivity contribution in [2.45, 2.75) is 19.3 Å². The van der Waals surface area contributed by atoms with Gasteiger partial charge in [0.15, 0.2) is 0 Å². The van der Waals surface area contributed by atoms with E-state index in [1.165, 1.54) is 7.11 Å². The van der Waals surface area contributed by atoms with Gasteiger partial charge in [0, 0.05) is 18.7 Å². The molecule has 1 fully saturated rings. The quantitative estimate of drug-likeness (QED) is 0.846. The van der Waals surface area contributed by atoms with Gasteiger partial charge in [-0.25, -0.2) is 0 Å². The molecular weight excluding hydrogens is 268 g/mol. The zero-order chi connectivity index (χ0) is 15.2. The van der Waals surface area contributed by atoms with Crippen LogP contribution >= 0.6 is 0 Å². The van der Waals surface area contributed by atoms with Crippen LogP contribution in [0.4, 0.5) is 0 Å². The molecule has 1 saturated heterocycles. The van der Waals surface area contributed by atoms with E-state index < -0.39 is 0 Å². The lowest BCUT2D eigenvalue weighted by molar-refractivity contribution is -0.146. The maximum Gasteiger partial charge on any atom is 0.308 e. The summed E-state index contributed by atoms with van der Waals surface area (Å²) in [5.74, 6) is -0.230.